The number of piperazine rings is 1. The monoisotopic (exact) mass is 669 g/mol. The quantitative estimate of drug-likeness (QED) is 0.301. The molecule has 3 atom stereocenters. The molecule has 7 rings (SSSR count). The molecule has 0 saturated carbocycles. The summed E-state index contributed by atoms with van der Waals surface area (Å²) in [5.41, 5.74) is 5.58. The SMILES string of the molecule is CN1CCC[C@H]1COc1nc2c(c(N3CCN(C(=O)OCc4ccccc4)[C@@H](CC#N)C3)n1)CCC(N1CCCc3cccc(Cl)c31)C2. The summed E-state index contributed by atoms with van der Waals surface area (Å²) in [5, 5.41) is 10.6. The molecule has 0 N–H and O–H groups in total. The number of benzene rings is 2. The Hall–Kier alpha value is -4.07. The number of halogens is 1. The van der Waals surface area contributed by atoms with Crippen molar-refractivity contribution in [3.05, 3.63) is 75.9 Å². The molecule has 2 saturated heterocycles. The summed E-state index contributed by atoms with van der Waals surface area (Å²) in [6.07, 6.45) is 6.81. The first-order valence-corrected chi connectivity index (χ1v) is 17.7. The lowest BCUT2D eigenvalue weighted by Crippen LogP contribution is -2.55. The maximum absolute atomic E-state index is 13.2. The lowest BCUT2D eigenvalue weighted by atomic mass is 9.88. The van der Waals surface area contributed by atoms with Gasteiger partial charge >= 0.3 is 12.1 Å². The Morgan fingerprint density at radius 3 is 2.69 bits per heavy atom. The summed E-state index contributed by atoms with van der Waals surface area (Å²) >= 11 is 6.79. The Morgan fingerprint density at radius 2 is 1.88 bits per heavy atom. The van der Waals surface area contributed by atoms with Gasteiger partial charge in [0.25, 0.3) is 0 Å². The molecule has 3 aromatic rings. The molecule has 11 heteroatoms. The minimum absolute atomic E-state index is 0.198. The second kappa shape index (κ2) is 14.6. The third-order valence-electron chi connectivity index (χ3n) is 10.5. The number of para-hydroxylation sites is 1. The number of ether oxygens (including phenoxy) is 2. The van der Waals surface area contributed by atoms with Crippen molar-refractivity contribution in [1.29, 1.82) is 5.26 Å². The van der Waals surface area contributed by atoms with Gasteiger partial charge in [-0.2, -0.15) is 15.2 Å². The van der Waals surface area contributed by atoms with Gasteiger partial charge in [-0.1, -0.05) is 54.1 Å². The third-order valence-corrected chi connectivity index (χ3v) is 10.8. The van der Waals surface area contributed by atoms with Crippen molar-refractivity contribution in [2.75, 3.05) is 56.2 Å². The maximum Gasteiger partial charge on any atom is 0.410 e. The average molecular weight is 670 g/mol. The molecule has 2 fully saturated rings. The summed E-state index contributed by atoms with van der Waals surface area (Å²) in [6.45, 7) is 4.30. The zero-order valence-electron chi connectivity index (χ0n) is 27.7. The molecular weight excluding hydrogens is 626 g/mol. The fourth-order valence-corrected chi connectivity index (χ4v) is 8.18. The van der Waals surface area contributed by atoms with Crippen molar-refractivity contribution < 1.29 is 14.3 Å². The molecule has 1 aliphatic carbocycles. The average Bonchev–Trinajstić information content (AvgIpc) is 3.53. The Kier molecular flexibility index (Phi) is 9.87. The van der Waals surface area contributed by atoms with E-state index in [1.165, 1.54) is 17.7 Å². The number of amides is 1. The Morgan fingerprint density at radius 1 is 1.00 bits per heavy atom. The Labute approximate surface area is 288 Å². The van der Waals surface area contributed by atoms with E-state index in [-0.39, 0.29) is 25.1 Å². The number of aryl methyl sites for hydroxylation is 1. The van der Waals surface area contributed by atoms with Gasteiger partial charge in [-0.25, -0.2) is 4.79 Å². The van der Waals surface area contributed by atoms with Crippen molar-refractivity contribution in [2.45, 2.75) is 76.1 Å². The second-order valence-electron chi connectivity index (χ2n) is 13.5. The first-order valence-electron chi connectivity index (χ1n) is 17.3. The number of rotatable bonds is 8. The van der Waals surface area contributed by atoms with Gasteiger partial charge in [0.05, 0.1) is 34.9 Å². The van der Waals surface area contributed by atoms with Crippen LogP contribution in [0.5, 0.6) is 6.01 Å². The number of carbonyl (C=O) groups excluding carboxylic acids is 1. The highest BCUT2D eigenvalue weighted by Crippen LogP contribution is 2.40. The normalized spacial score (nSPS) is 22.5. The van der Waals surface area contributed by atoms with Gasteiger partial charge in [0.2, 0.25) is 0 Å². The van der Waals surface area contributed by atoms with Crippen molar-refractivity contribution >= 4 is 29.2 Å². The van der Waals surface area contributed by atoms with Gasteiger partial charge in [-0.3, -0.25) is 0 Å². The number of nitriles is 1. The van der Waals surface area contributed by atoms with Crippen LogP contribution in [0.2, 0.25) is 5.02 Å². The van der Waals surface area contributed by atoms with E-state index in [4.69, 9.17) is 31.0 Å². The van der Waals surface area contributed by atoms with Gasteiger partial charge in [0, 0.05) is 50.2 Å². The van der Waals surface area contributed by atoms with Crippen molar-refractivity contribution in [3.63, 3.8) is 0 Å². The molecule has 0 bridgehead atoms. The Balaban J connectivity index is 1.13. The molecule has 0 spiro atoms. The molecule has 1 amide bonds. The molecule has 4 heterocycles. The number of likely N-dealkylation sites (N-methyl/N-ethyl adjacent to an activating group) is 1. The minimum atomic E-state index is -0.392. The lowest BCUT2D eigenvalue weighted by molar-refractivity contribution is 0.0767. The predicted octanol–water partition coefficient (Wildman–Crippen LogP) is 5.65. The van der Waals surface area contributed by atoms with Gasteiger partial charge < -0.3 is 29.1 Å². The number of anilines is 2. The second-order valence-corrected chi connectivity index (χ2v) is 13.9. The maximum atomic E-state index is 13.2. The fourth-order valence-electron chi connectivity index (χ4n) is 7.88. The van der Waals surface area contributed by atoms with Crippen LogP contribution in [-0.4, -0.2) is 90.4 Å². The molecular formula is C37H44ClN7O3. The van der Waals surface area contributed by atoms with Gasteiger partial charge in [0.15, 0.2) is 0 Å². The molecule has 4 aliphatic rings. The summed E-state index contributed by atoms with van der Waals surface area (Å²) in [4.78, 5) is 32.1. The van der Waals surface area contributed by atoms with Crippen LogP contribution in [0.25, 0.3) is 0 Å². The minimum Gasteiger partial charge on any atom is -0.462 e. The van der Waals surface area contributed by atoms with E-state index in [1.807, 2.05) is 42.5 Å². The van der Waals surface area contributed by atoms with Crippen LogP contribution in [0.3, 0.4) is 0 Å². The van der Waals surface area contributed by atoms with E-state index in [9.17, 15) is 10.1 Å². The molecule has 1 aromatic heterocycles. The summed E-state index contributed by atoms with van der Waals surface area (Å²) < 4.78 is 12.0. The van der Waals surface area contributed by atoms with E-state index in [0.29, 0.717) is 38.3 Å². The number of likely N-dealkylation sites (tertiary alicyclic amines) is 1. The van der Waals surface area contributed by atoms with Crippen molar-refractivity contribution in [2.24, 2.45) is 0 Å². The highest BCUT2D eigenvalue weighted by atomic mass is 35.5. The molecule has 1 unspecified atom stereocenters. The molecule has 48 heavy (non-hydrogen) atoms. The number of aromatic nitrogens is 2. The summed E-state index contributed by atoms with van der Waals surface area (Å²) in [6, 6.07) is 18.9. The van der Waals surface area contributed by atoms with Gasteiger partial charge in [0.1, 0.15) is 19.0 Å². The number of carbonyl (C=O) groups is 1. The van der Waals surface area contributed by atoms with E-state index >= 15 is 0 Å². The van der Waals surface area contributed by atoms with Crippen LogP contribution in [-0.2, 0) is 30.6 Å². The highest BCUT2D eigenvalue weighted by Gasteiger charge is 2.36. The largest absolute Gasteiger partial charge is 0.462 e. The van der Waals surface area contributed by atoms with Gasteiger partial charge in [-0.05, 0) is 69.3 Å². The topological polar surface area (TPSA) is 98.1 Å². The fraction of sp³-hybridized carbons (Fsp3) is 0.514. The standard InChI is InChI=1S/C37H44ClN7O3/c1-42-18-7-12-30(42)25-47-36-40-33-22-28(44-19-6-11-27-10-5-13-32(38)34(27)44)14-15-31(33)35(41-36)43-20-21-45(29(23-43)16-17-39)37(46)48-24-26-8-3-2-4-9-26/h2-5,8-10,13,28-30H,6-7,11-12,14-16,18-25H2,1H3/t28?,29-,30-/m0/s1. The van der Waals surface area contributed by atoms with E-state index in [1.54, 1.807) is 4.90 Å². The van der Waals surface area contributed by atoms with Crippen LogP contribution in [0.15, 0.2) is 48.5 Å². The summed E-state index contributed by atoms with van der Waals surface area (Å²) in [5.74, 6) is 0.866. The number of hydrogen-bond acceptors (Lipinski definition) is 9. The predicted molar refractivity (Wildman–Crippen MR) is 186 cm³/mol. The molecule has 252 valence electrons. The van der Waals surface area contributed by atoms with Crippen molar-refractivity contribution in [1.82, 2.24) is 19.8 Å². The van der Waals surface area contributed by atoms with E-state index in [0.717, 1.165) is 79.3 Å². The van der Waals surface area contributed by atoms with Crippen LogP contribution in [0, 0.1) is 11.3 Å². The molecule has 0 radical (unpaired) electrons. The molecule has 2 aromatic carbocycles. The van der Waals surface area contributed by atoms with E-state index < -0.39 is 6.09 Å². The smallest absolute Gasteiger partial charge is 0.410 e. The van der Waals surface area contributed by atoms with Gasteiger partial charge in [-0.15, -0.1) is 0 Å². The first-order chi connectivity index (χ1) is 23.5. The third kappa shape index (κ3) is 6.90. The number of hydrogen-bond donors (Lipinski definition) is 0. The lowest BCUT2D eigenvalue weighted by Gasteiger charge is -2.43. The van der Waals surface area contributed by atoms with Crippen LogP contribution in [0.4, 0.5) is 16.3 Å². The molecule has 10 nitrogen and oxygen atoms in total. The Bertz CT molecular complexity index is 1650. The van der Waals surface area contributed by atoms with Crippen LogP contribution in [0.1, 0.15) is 54.5 Å². The number of fused-ring (bicyclic) bond motifs is 2. The number of nitrogens with zero attached hydrogens (tertiary/aromatic N) is 7. The zero-order valence-corrected chi connectivity index (χ0v) is 28.4. The zero-order chi connectivity index (χ0) is 33.0. The molecule has 3 aliphatic heterocycles. The summed E-state index contributed by atoms with van der Waals surface area (Å²) in [7, 11) is 2.14. The van der Waals surface area contributed by atoms with Crippen molar-refractivity contribution in [3.8, 4) is 12.1 Å². The first kappa shape index (κ1) is 32.5. The highest BCUT2D eigenvalue weighted by molar-refractivity contribution is 6.33. The van der Waals surface area contributed by atoms with E-state index in [2.05, 4.69) is 33.9 Å². The van der Waals surface area contributed by atoms with Crippen LogP contribution < -0.4 is 14.5 Å². The van der Waals surface area contributed by atoms with Crippen LogP contribution >= 0.6 is 11.6 Å².